The molecule has 0 heterocycles. The van der Waals surface area contributed by atoms with Gasteiger partial charge in [0, 0.05) is 5.02 Å². The molecule has 11 heavy (non-hydrogen) atoms. The third-order valence-corrected chi connectivity index (χ3v) is 1.63. The van der Waals surface area contributed by atoms with Crippen LogP contribution in [-0.4, -0.2) is 0 Å². The second-order valence-corrected chi connectivity index (χ2v) is 2.65. The van der Waals surface area contributed by atoms with Gasteiger partial charge in [-0.1, -0.05) is 29.8 Å². The molecule has 1 aromatic rings. The number of hydrogen-bond donors (Lipinski definition) is 0. The minimum atomic E-state index is -0.867. The minimum Gasteiger partial charge on any atom is -0.223 e. The van der Waals surface area contributed by atoms with Gasteiger partial charge in [-0.3, -0.25) is 0 Å². The Morgan fingerprint density at radius 2 is 2.27 bits per heavy atom. The van der Waals surface area contributed by atoms with E-state index < -0.39 is 6.10 Å². The van der Waals surface area contributed by atoms with E-state index in [4.69, 9.17) is 11.6 Å². The Kier molecular flexibility index (Phi) is 2.69. The molecule has 1 radical (unpaired) electrons. The lowest BCUT2D eigenvalue weighted by molar-refractivity contribution is 0.132. The molecule has 1 rings (SSSR count). The molecule has 0 saturated heterocycles. The highest BCUT2D eigenvalue weighted by atomic mass is 35.5. The lowest BCUT2D eigenvalue weighted by atomic mass is 10.1. The normalized spacial score (nSPS) is 12.5. The molecule has 0 aliphatic heterocycles. The SMILES string of the molecule is C=CC([O])c1cccc(Cl)c1. The molecule has 1 aromatic carbocycles. The Labute approximate surface area is 70.9 Å². The highest BCUT2D eigenvalue weighted by Gasteiger charge is 2.03. The van der Waals surface area contributed by atoms with E-state index in [0.717, 1.165) is 0 Å². The van der Waals surface area contributed by atoms with E-state index in [2.05, 4.69) is 6.58 Å². The summed E-state index contributed by atoms with van der Waals surface area (Å²) in [6.45, 7) is 3.41. The van der Waals surface area contributed by atoms with Crippen molar-refractivity contribution < 1.29 is 5.11 Å². The zero-order valence-corrected chi connectivity index (χ0v) is 6.71. The van der Waals surface area contributed by atoms with Gasteiger partial charge in [-0.15, -0.1) is 6.58 Å². The van der Waals surface area contributed by atoms with Gasteiger partial charge in [0.25, 0.3) is 0 Å². The van der Waals surface area contributed by atoms with Crippen LogP contribution in [-0.2, 0) is 5.11 Å². The van der Waals surface area contributed by atoms with E-state index in [1.807, 2.05) is 0 Å². The molecule has 57 valence electrons. The van der Waals surface area contributed by atoms with Crippen LogP contribution >= 0.6 is 11.6 Å². The first-order valence-corrected chi connectivity index (χ1v) is 3.65. The highest BCUT2D eigenvalue weighted by molar-refractivity contribution is 6.30. The van der Waals surface area contributed by atoms with Crippen molar-refractivity contribution in [2.75, 3.05) is 0 Å². The summed E-state index contributed by atoms with van der Waals surface area (Å²) in [6.07, 6.45) is 0.486. The zero-order chi connectivity index (χ0) is 8.27. The van der Waals surface area contributed by atoms with E-state index in [-0.39, 0.29) is 0 Å². The minimum absolute atomic E-state index is 0.588. The molecule has 0 spiro atoms. The molecular formula is C9H8ClO. The lowest BCUT2D eigenvalue weighted by Crippen LogP contribution is -1.88. The predicted octanol–water partition coefficient (Wildman–Crippen LogP) is 3.00. The summed E-state index contributed by atoms with van der Waals surface area (Å²) in [7, 11) is 0. The molecule has 0 fully saturated rings. The summed E-state index contributed by atoms with van der Waals surface area (Å²) in [4.78, 5) is 0. The van der Waals surface area contributed by atoms with Crippen LogP contribution in [0.15, 0.2) is 36.9 Å². The smallest absolute Gasteiger partial charge is 0.136 e. The maximum Gasteiger partial charge on any atom is 0.136 e. The average molecular weight is 168 g/mol. The third-order valence-electron chi connectivity index (χ3n) is 1.39. The van der Waals surface area contributed by atoms with Crippen LogP contribution in [0.4, 0.5) is 0 Å². The average Bonchev–Trinajstić information content (AvgIpc) is 2.03. The van der Waals surface area contributed by atoms with Crippen molar-refractivity contribution in [1.29, 1.82) is 0 Å². The molecule has 0 saturated carbocycles. The molecule has 0 bridgehead atoms. The van der Waals surface area contributed by atoms with Crippen LogP contribution in [0.5, 0.6) is 0 Å². The fraction of sp³-hybridized carbons (Fsp3) is 0.111. The molecule has 2 heteroatoms. The van der Waals surface area contributed by atoms with Crippen LogP contribution in [0.3, 0.4) is 0 Å². The van der Waals surface area contributed by atoms with Crippen molar-refractivity contribution in [1.82, 2.24) is 0 Å². The van der Waals surface area contributed by atoms with Gasteiger partial charge in [0.1, 0.15) is 6.10 Å². The van der Waals surface area contributed by atoms with Crippen LogP contribution in [0.25, 0.3) is 0 Å². The van der Waals surface area contributed by atoms with E-state index in [9.17, 15) is 5.11 Å². The Hall–Kier alpha value is -0.790. The second-order valence-electron chi connectivity index (χ2n) is 2.21. The van der Waals surface area contributed by atoms with Crippen LogP contribution in [0.1, 0.15) is 11.7 Å². The Morgan fingerprint density at radius 1 is 1.55 bits per heavy atom. The standard InChI is InChI=1S/C9H8ClO/c1-2-9(11)7-4-3-5-8(10)6-7/h2-6,9H,1H2. The van der Waals surface area contributed by atoms with Crippen LogP contribution < -0.4 is 0 Å². The molecule has 0 aliphatic carbocycles. The van der Waals surface area contributed by atoms with Crippen molar-refractivity contribution in [3.63, 3.8) is 0 Å². The molecule has 0 aliphatic rings. The highest BCUT2D eigenvalue weighted by Crippen LogP contribution is 2.18. The van der Waals surface area contributed by atoms with Gasteiger partial charge in [-0.2, -0.15) is 0 Å². The van der Waals surface area contributed by atoms with Crippen molar-refractivity contribution in [2.24, 2.45) is 0 Å². The molecule has 0 amide bonds. The van der Waals surface area contributed by atoms with Crippen molar-refractivity contribution in [2.45, 2.75) is 6.10 Å². The van der Waals surface area contributed by atoms with Gasteiger partial charge in [0.2, 0.25) is 0 Å². The summed E-state index contributed by atoms with van der Waals surface area (Å²) in [5.74, 6) is 0. The van der Waals surface area contributed by atoms with Gasteiger partial charge in [0.15, 0.2) is 0 Å². The number of halogens is 1. The van der Waals surface area contributed by atoms with Gasteiger partial charge in [-0.25, -0.2) is 5.11 Å². The van der Waals surface area contributed by atoms with Crippen LogP contribution in [0.2, 0.25) is 5.02 Å². The summed E-state index contributed by atoms with van der Waals surface area (Å²) < 4.78 is 0. The van der Waals surface area contributed by atoms with Gasteiger partial charge in [0.05, 0.1) is 0 Å². The number of rotatable bonds is 2. The Morgan fingerprint density at radius 3 is 2.82 bits per heavy atom. The van der Waals surface area contributed by atoms with Crippen molar-refractivity contribution in [3.05, 3.63) is 47.5 Å². The van der Waals surface area contributed by atoms with Gasteiger partial charge < -0.3 is 0 Å². The van der Waals surface area contributed by atoms with Crippen molar-refractivity contribution >= 4 is 11.6 Å². The summed E-state index contributed by atoms with van der Waals surface area (Å²) >= 11 is 5.67. The van der Waals surface area contributed by atoms with Gasteiger partial charge in [-0.05, 0) is 17.7 Å². The molecule has 1 unspecified atom stereocenters. The Balaban J connectivity index is 2.95. The van der Waals surface area contributed by atoms with E-state index in [1.165, 1.54) is 6.08 Å². The van der Waals surface area contributed by atoms with E-state index >= 15 is 0 Å². The number of hydrogen-bond acceptors (Lipinski definition) is 0. The maximum absolute atomic E-state index is 11.1. The van der Waals surface area contributed by atoms with Crippen LogP contribution in [0, 0.1) is 0 Å². The quantitative estimate of drug-likeness (QED) is 0.604. The summed E-state index contributed by atoms with van der Waals surface area (Å²) in [6, 6.07) is 6.89. The first-order valence-electron chi connectivity index (χ1n) is 3.28. The second kappa shape index (κ2) is 3.56. The lowest BCUT2D eigenvalue weighted by Gasteiger charge is -2.01. The van der Waals surface area contributed by atoms with Crippen molar-refractivity contribution in [3.8, 4) is 0 Å². The Bertz CT molecular complexity index is 257. The van der Waals surface area contributed by atoms with Gasteiger partial charge >= 0.3 is 0 Å². The topological polar surface area (TPSA) is 19.9 Å². The fourth-order valence-corrected chi connectivity index (χ4v) is 1.02. The van der Waals surface area contributed by atoms with E-state index in [1.54, 1.807) is 24.3 Å². The third kappa shape index (κ3) is 2.07. The fourth-order valence-electron chi connectivity index (χ4n) is 0.820. The maximum atomic E-state index is 11.1. The van der Waals surface area contributed by atoms with E-state index in [0.29, 0.717) is 10.6 Å². The predicted molar refractivity (Wildman–Crippen MR) is 45.1 cm³/mol. The molecule has 1 nitrogen and oxygen atoms in total. The molecule has 0 N–H and O–H groups in total. The monoisotopic (exact) mass is 167 g/mol. The first kappa shape index (κ1) is 8.31. The summed E-state index contributed by atoms with van der Waals surface area (Å²) in [5.41, 5.74) is 0.660. The molecule has 1 atom stereocenters. The number of benzene rings is 1. The largest absolute Gasteiger partial charge is 0.223 e. The zero-order valence-electron chi connectivity index (χ0n) is 5.96. The summed E-state index contributed by atoms with van der Waals surface area (Å²) in [5, 5.41) is 11.7. The molecule has 0 aromatic heterocycles. The molecular weight excluding hydrogens is 160 g/mol. The first-order chi connectivity index (χ1) is 5.24.